The van der Waals surface area contributed by atoms with Crippen LogP contribution in [-0.4, -0.2) is 67.6 Å². The monoisotopic (exact) mass is 490 g/mol. The van der Waals surface area contributed by atoms with Crippen LogP contribution in [0, 0.1) is 40.4 Å². The highest BCUT2D eigenvalue weighted by Gasteiger charge is 2.75. The van der Waals surface area contributed by atoms with E-state index in [1.807, 2.05) is 26.8 Å². The minimum atomic E-state index is -1.52. The van der Waals surface area contributed by atoms with E-state index in [9.17, 15) is 30.0 Å². The minimum Gasteiger partial charge on any atom is -0.393 e. The molecular formula is C28H42O7. The molecule has 0 aromatic heterocycles. The predicted molar refractivity (Wildman–Crippen MR) is 128 cm³/mol. The fourth-order valence-electron chi connectivity index (χ4n) is 8.66. The van der Waals surface area contributed by atoms with Gasteiger partial charge in [0.05, 0.1) is 29.5 Å². The molecule has 0 spiro atoms. The second-order valence-corrected chi connectivity index (χ2v) is 13.4. The van der Waals surface area contributed by atoms with Gasteiger partial charge in [-0.3, -0.25) is 9.59 Å². The molecule has 1 heterocycles. The number of hydrogen-bond acceptors (Lipinski definition) is 7. The van der Waals surface area contributed by atoms with E-state index in [-0.39, 0.29) is 47.9 Å². The second-order valence-electron chi connectivity index (χ2n) is 13.4. The summed E-state index contributed by atoms with van der Waals surface area (Å²) in [6.45, 7) is 11.2. The van der Waals surface area contributed by atoms with Gasteiger partial charge in [0.2, 0.25) is 0 Å². The van der Waals surface area contributed by atoms with Gasteiger partial charge in [-0.15, -0.1) is 0 Å². The zero-order chi connectivity index (χ0) is 25.9. The van der Waals surface area contributed by atoms with Crippen molar-refractivity contribution in [3.8, 4) is 0 Å². The Morgan fingerprint density at radius 1 is 1.14 bits per heavy atom. The third-order valence-corrected chi connectivity index (χ3v) is 11.3. The summed E-state index contributed by atoms with van der Waals surface area (Å²) < 4.78 is 5.99. The molecule has 4 aliphatic carbocycles. The highest BCUT2D eigenvalue weighted by molar-refractivity contribution is 5.93. The molecule has 1 aliphatic heterocycles. The number of carbonyl (C=O) groups is 2. The van der Waals surface area contributed by atoms with Crippen LogP contribution in [-0.2, 0) is 14.3 Å². The average Bonchev–Trinajstić information content (AvgIpc) is 3.52. The molecule has 0 aromatic rings. The van der Waals surface area contributed by atoms with Crippen LogP contribution in [0.25, 0.3) is 0 Å². The summed E-state index contributed by atoms with van der Waals surface area (Å²) in [5, 5.41) is 45.7. The van der Waals surface area contributed by atoms with E-state index in [1.54, 1.807) is 20.8 Å². The van der Waals surface area contributed by atoms with Crippen molar-refractivity contribution >= 4 is 11.6 Å². The first-order chi connectivity index (χ1) is 16.1. The lowest BCUT2D eigenvalue weighted by Gasteiger charge is -2.60. The molecule has 196 valence electrons. The maximum atomic E-state index is 13.9. The number of ether oxygens (including phenoxy) is 1. The van der Waals surface area contributed by atoms with E-state index in [0.29, 0.717) is 31.3 Å². The predicted octanol–water partition coefficient (Wildman–Crippen LogP) is 2.18. The number of allylic oxidation sites excluding steroid dienone is 1. The van der Waals surface area contributed by atoms with Crippen molar-refractivity contribution in [3.05, 3.63) is 11.6 Å². The topological polar surface area (TPSA) is 128 Å². The number of hydrogen-bond donors (Lipinski definition) is 4. The van der Waals surface area contributed by atoms with E-state index in [4.69, 9.17) is 4.74 Å². The average molecular weight is 491 g/mol. The lowest BCUT2D eigenvalue weighted by molar-refractivity contribution is -0.183. The number of carbonyl (C=O) groups excluding carboxylic acids is 2. The summed E-state index contributed by atoms with van der Waals surface area (Å²) in [6, 6.07) is 0. The Morgan fingerprint density at radius 2 is 1.80 bits per heavy atom. The number of epoxide rings is 1. The van der Waals surface area contributed by atoms with Gasteiger partial charge < -0.3 is 25.2 Å². The molecule has 1 saturated heterocycles. The third kappa shape index (κ3) is 3.27. The van der Waals surface area contributed by atoms with Gasteiger partial charge in [-0.1, -0.05) is 33.8 Å². The summed E-state index contributed by atoms with van der Waals surface area (Å²) in [5.41, 5.74) is -3.57. The fourth-order valence-corrected chi connectivity index (χ4v) is 8.66. The van der Waals surface area contributed by atoms with Crippen molar-refractivity contribution in [1.29, 1.82) is 0 Å². The van der Waals surface area contributed by atoms with Crippen LogP contribution < -0.4 is 0 Å². The van der Waals surface area contributed by atoms with Crippen LogP contribution in [0.5, 0.6) is 0 Å². The van der Waals surface area contributed by atoms with E-state index in [2.05, 4.69) is 0 Å². The maximum Gasteiger partial charge on any atom is 0.169 e. The quantitative estimate of drug-likeness (QED) is 0.351. The van der Waals surface area contributed by atoms with Gasteiger partial charge in [0.25, 0.3) is 0 Å². The largest absolute Gasteiger partial charge is 0.393 e. The van der Waals surface area contributed by atoms with Gasteiger partial charge in [0.15, 0.2) is 5.78 Å². The lowest BCUT2D eigenvalue weighted by atomic mass is 9.45. The number of aliphatic hydroxyl groups is 4. The van der Waals surface area contributed by atoms with Gasteiger partial charge in [-0.05, 0) is 49.5 Å². The molecule has 0 aromatic carbocycles. The Kier molecular flexibility index (Phi) is 5.62. The summed E-state index contributed by atoms with van der Waals surface area (Å²) in [6.07, 6.45) is 1.25. The number of aliphatic hydroxyl groups excluding tert-OH is 2. The van der Waals surface area contributed by atoms with Gasteiger partial charge in [-0.2, -0.15) is 0 Å². The standard InChI is InChI=1S/C28H42O7/c1-13(22-23(35-22)14(2)25(3,4)33)19-18(30)12-28(34)17-8-7-15-11-16(29)9-10-26(15,5)20(17)21(31)24(32)27(19,28)6/h8,13-15,18-20,22-24,30,32-34H,7,9-12H2,1-6H3. The summed E-state index contributed by atoms with van der Waals surface area (Å²) in [5.74, 6) is -1.64. The Morgan fingerprint density at radius 3 is 2.43 bits per heavy atom. The molecule has 12 atom stereocenters. The Balaban J connectivity index is 1.51. The smallest absolute Gasteiger partial charge is 0.169 e. The molecule has 3 saturated carbocycles. The first-order valence-corrected chi connectivity index (χ1v) is 13.3. The molecule has 5 rings (SSSR count). The third-order valence-electron chi connectivity index (χ3n) is 11.3. The summed E-state index contributed by atoms with van der Waals surface area (Å²) in [4.78, 5) is 26.1. The van der Waals surface area contributed by atoms with Crippen LogP contribution in [0.3, 0.4) is 0 Å². The highest BCUT2D eigenvalue weighted by Crippen LogP contribution is 2.68. The SMILES string of the molecule is CC(C1OC1C(C)C(C)(C)O)C1C(O)CC2(O)C3=CCC4CC(=O)CCC4(C)C3C(=O)C(O)C12C. The van der Waals surface area contributed by atoms with E-state index in [0.717, 1.165) is 0 Å². The molecule has 7 nitrogen and oxygen atoms in total. The van der Waals surface area contributed by atoms with E-state index < -0.39 is 46.1 Å². The number of ketones is 2. The van der Waals surface area contributed by atoms with Crippen molar-refractivity contribution in [2.75, 3.05) is 0 Å². The molecule has 4 N–H and O–H groups in total. The molecule has 5 aliphatic rings. The van der Waals surface area contributed by atoms with Crippen molar-refractivity contribution < 1.29 is 34.8 Å². The first kappa shape index (κ1) is 25.5. The number of fused-ring (bicyclic) bond motifs is 5. The van der Waals surface area contributed by atoms with Crippen LogP contribution >= 0.6 is 0 Å². The summed E-state index contributed by atoms with van der Waals surface area (Å²) in [7, 11) is 0. The molecule has 0 bridgehead atoms. The van der Waals surface area contributed by atoms with Gasteiger partial charge in [0, 0.05) is 42.4 Å². The van der Waals surface area contributed by atoms with Gasteiger partial charge >= 0.3 is 0 Å². The fraction of sp³-hybridized carbons (Fsp3) is 0.857. The van der Waals surface area contributed by atoms with E-state index >= 15 is 0 Å². The normalized spacial score (nSPS) is 51.1. The molecule has 0 amide bonds. The molecule has 4 fully saturated rings. The minimum absolute atomic E-state index is 0.0200. The summed E-state index contributed by atoms with van der Waals surface area (Å²) >= 11 is 0. The Bertz CT molecular complexity index is 967. The molecule has 0 radical (unpaired) electrons. The van der Waals surface area contributed by atoms with Crippen LogP contribution in [0.4, 0.5) is 0 Å². The van der Waals surface area contributed by atoms with Crippen LogP contribution in [0.2, 0.25) is 0 Å². The van der Waals surface area contributed by atoms with Crippen molar-refractivity contribution in [1.82, 2.24) is 0 Å². The lowest BCUT2D eigenvalue weighted by Crippen LogP contribution is -2.67. The first-order valence-electron chi connectivity index (χ1n) is 13.3. The van der Waals surface area contributed by atoms with Crippen molar-refractivity contribution in [2.24, 2.45) is 40.4 Å². The van der Waals surface area contributed by atoms with Gasteiger partial charge in [0.1, 0.15) is 11.9 Å². The van der Waals surface area contributed by atoms with E-state index in [1.165, 1.54) is 0 Å². The zero-order valence-electron chi connectivity index (χ0n) is 21.8. The highest BCUT2D eigenvalue weighted by atomic mass is 16.6. The second kappa shape index (κ2) is 7.70. The van der Waals surface area contributed by atoms with Crippen LogP contribution in [0.1, 0.15) is 73.6 Å². The van der Waals surface area contributed by atoms with Crippen molar-refractivity contribution in [2.45, 2.75) is 109 Å². The molecule has 7 heteroatoms. The Hall–Kier alpha value is -1.12. The zero-order valence-corrected chi connectivity index (χ0v) is 21.8. The Labute approximate surface area is 207 Å². The number of rotatable bonds is 4. The van der Waals surface area contributed by atoms with Crippen molar-refractivity contribution in [3.63, 3.8) is 0 Å². The molecular weight excluding hydrogens is 448 g/mol. The number of Topliss-reactive ketones (excluding diaryl/α,β-unsaturated/α-hetero) is 2. The van der Waals surface area contributed by atoms with Gasteiger partial charge in [-0.25, -0.2) is 0 Å². The maximum absolute atomic E-state index is 13.9. The van der Waals surface area contributed by atoms with Crippen LogP contribution in [0.15, 0.2) is 11.6 Å². The molecule has 12 unspecified atom stereocenters. The molecule has 35 heavy (non-hydrogen) atoms.